The lowest BCUT2D eigenvalue weighted by Gasteiger charge is -2.30. The summed E-state index contributed by atoms with van der Waals surface area (Å²) in [7, 11) is 0.592. The molecule has 2 atom stereocenters. The molecule has 5 rings (SSSR count). The number of rotatable bonds is 8. The van der Waals surface area contributed by atoms with Gasteiger partial charge in [-0.2, -0.15) is 8.78 Å². The Hall–Kier alpha value is -3.41. The zero-order chi connectivity index (χ0) is 29.8. The number of benzene rings is 3. The number of fused-ring (bicyclic) bond motifs is 3. The fourth-order valence-corrected chi connectivity index (χ4v) is 6.08. The van der Waals surface area contributed by atoms with Crippen molar-refractivity contribution in [3.05, 3.63) is 77.1 Å². The van der Waals surface area contributed by atoms with E-state index in [2.05, 4.69) is 4.98 Å². The van der Waals surface area contributed by atoms with Crippen LogP contribution in [0.4, 0.5) is 17.6 Å². The number of imidazole rings is 1. The van der Waals surface area contributed by atoms with Gasteiger partial charge in [0.15, 0.2) is 6.29 Å². The molecular formula is C28H26F4N3O5P. The smallest absolute Gasteiger partial charge is 0.387 e. The van der Waals surface area contributed by atoms with Crippen LogP contribution in [0.15, 0.2) is 48.5 Å². The van der Waals surface area contributed by atoms with Crippen molar-refractivity contribution < 1.29 is 42.4 Å². The third kappa shape index (κ3) is 5.22. The Labute approximate surface area is 233 Å². The molecule has 0 amide bonds. The van der Waals surface area contributed by atoms with E-state index in [4.69, 9.17) is 4.74 Å². The number of carbonyl (C=O) groups excluding carboxylic acids is 1. The molecule has 0 fully saturated rings. The summed E-state index contributed by atoms with van der Waals surface area (Å²) in [5.41, 5.74) is 0.360. The molecule has 3 aromatic carbocycles. The summed E-state index contributed by atoms with van der Waals surface area (Å²) >= 11 is 0. The molecule has 2 heterocycles. The van der Waals surface area contributed by atoms with E-state index in [1.165, 1.54) is 48.0 Å². The molecule has 0 saturated heterocycles. The molecule has 1 aliphatic rings. The van der Waals surface area contributed by atoms with Crippen molar-refractivity contribution in [1.82, 2.24) is 14.5 Å². The SMILES string of the molecule is CN(C1C[C@H](c2c(C=O)cccc2OC(F)F)n2c1nc1cc(F)c(-c3ccc(P(C)C)cc3F)cc12)C(O)(O)O. The first kappa shape index (κ1) is 29.1. The third-order valence-corrected chi connectivity index (χ3v) is 8.65. The van der Waals surface area contributed by atoms with Crippen LogP contribution in [0.25, 0.3) is 22.2 Å². The summed E-state index contributed by atoms with van der Waals surface area (Å²) in [6.45, 7) is 0.707. The predicted molar refractivity (Wildman–Crippen MR) is 145 cm³/mol. The maximum atomic E-state index is 15.4. The molecule has 3 N–H and O–H groups in total. The van der Waals surface area contributed by atoms with E-state index in [1.807, 2.05) is 13.3 Å². The quantitative estimate of drug-likeness (QED) is 0.121. The largest absolute Gasteiger partial charge is 0.434 e. The minimum atomic E-state index is -3.30. The van der Waals surface area contributed by atoms with Gasteiger partial charge in [-0.1, -0.05) is 32.2 Å². The average molecular weight is 591 g/mol. The van der Waals surface area contributed by atoms with Crippen molar-refractivity contribution >= 4 is 30.5 Å². The maximum absolute atomic E-state index is 15.4. The third-order valence-electron chi connectivity index (χ3n) is 7.34. The van der Waals surface area contributed by atoms with Gasteiger partial charge >= 0.3 is 12.7 Å². The van der Waals surface area contributed by atoms with Gasteiger partial charge in [0.25, 0.3) is 0 Å². The molecule has 216 valence electrons. The van der Waals surface area contributed by atoms with Gasteiger partial charge in [0.05, 0.1) is 23.1 Å². The lowest BCUT2D eigenvalue weighted by atomic mass is 9.96. The summed E-state index contributed by atoms with van der Waals surface area (Å²) < 4.78 is 63.6. The minimum Gasteiger partial charge on any atom is -0.434 e. The highest BCUT2D eigenvalue weighted by molar-refractivity contribution is 7.64. The molecular weight excluding hydrogens is 565 g/mol. The summed E-state index contributed by atoms with van der Waals surface area (Å²) in [6.07, 6.45) is -2.90. The first-order chi connectivity index (χ1) is 19.3. The highest BCUT2D eigenvalue weighted by Gasteiger charge is 2.44. The number of nitrogens with zero attached hydrogens (tertiary/aromatic N) is 3. The molecule has 0 bridgehead atoms. The zero-order valence-corrected chi connectivity index (χ0v) is 23.0. The van der Waals surface area contributed by atoms with Gasteiger partial charge in [-0.15, -0.1) is 0 Å². The van der Waals surface area contributed by atoms with E-state index in [9.17, 15) is 28.9 Å². The van der Waals surface area contributed by atoms with Gasteiger partial charge in [-0.05, 0) is 50.3 Å². The van der Waals surface area contributed by atoms with Crippen LogP contribution in [0.2, 0.25) is 0 Å². The maximum Gasteiger partial charge on any atom is 0.387 e. The Kier molecular flexibility index (Phi) is 7.65. The average Bonchev–Trinajstić information content (AvgIpc) is 3.43. The minimum absolute atomic E-state index is 0.00105. The van der Waals surface area contributed by atoms with Crippen molar-refractivity contribution in [3.63, 3.8) is 0 Å². The normalized spacial score (nSPS) is 17.2. The van der Waals surface area contributed by atoms with Crippen molar-refractivity contribution in [2.45, 2.75) is 31.2 Å². The zero-order valence-electron chi connectivity index (χ0n) is 22.1. The Bertz CT molecular complexity index is 1640. The standard InChI is InChI=1S/C28H26F4N3O5P/c1-34(28(37,38)39)23-12-22(25-14(13-36)5-4-6-24(25)40-27(31)32)35-21-10-17(19(30)11-20(21)33-26(23)35)16-8-7-15(41(2)3)9-18(16)29/h4-11,13,22-23,27,37-39H,12H2,1-3H3/t22-,23?/m1/s1. The van der Waals surface area contributed by atoms with Gasteiger partial charge in [-0.25, -0.2) is 18.7 Å². The van der Waals surface area contributed by atoms with Crippen molar-refractivity contribution in [2.75, 3.05) is 20.4 Å². The Balaban J connectivity index is 1.77. The van der Waals surface area contributed by atoms with Gasteiger partial charge in [-0.3, -0.25) is 4.79 Å². The molecule has 0 radical (unpaired) electrons. The number of carbonyl (C=O) groups is 1. The summed E-state index contributed by atoms with van der Waals surface area (Å²) in [6, 6.07) is 9.07. The number of ether oxygens (including phenoxy) is 1. The Morgan fingerprint density at radius 3 is 2.41 bits per heavy atom. The van der Waals surface area contributed by atoms with E-state index < -0.39 is 44.3 Å². The second kappa shape index (κ2) is 10.8. The molecule has 0 saturated carbocycles. The van der Waals surface area contributed by atoms with Crippen LogP contribution in [-0.2, 0) is 0 Å². The van der Waals surface area contributed by atoms with Gasteiger partial charge in [0, 0.05) is 28.3 Å². The predicted octanol–water partition coefficient (Wildman–Crippen LogP) is 4.32. The molecule has 8 nitrogen and oxygen atoms in total. The molecule has 41 heavy (non-hydrogen) atoms. The number of hydrogen-bond donors (Lipinski definition) is 3. The number of aldehydes is 1. The van der Waals surface area contributed by atoms with E-state index >= 15 is 8.78 Å². The number of halogens is 4. The Morgan fingerprint density at radius 2 is 1.80 bits per heavy atom. The summed E-state index contributed by atoms with van der Waals surface area (Å²) in [5, 5.41) is 30.6. The summed E-state index contributed by atoms with van der Waals surface area (Å²) in [5.74, 6) is -1.58. The van der Waals surface area contributed by atoms with Crippen LogP contribution in [0.5, 0.6) is 5.75 Å². The molecule has 1 aliphatic heterocycles. The number of hydrogen-bond acceptors (Lipinski definition) is 7. The molecule has 1 aromatic heterocycles. The Morgan fingerprint density at radius 1 is 1.10 bits per heavy atom. The van der Waals surface area contributed by atoms with E-state index in [0.717, 1.165) is 16.3 Å². The van der Waals surface area contributed by atoms with Crippen LogP contribution in [0.1, 0.15) is 40.3 Å². The molecule has 0 spiro atoms. The highest BCUT2D eigenvalue weighted by atomic mass is 31.1. The van der Waals surface area contributed by atoms with Gasteiger partial charge in [0.1, 0.15) is 23.2 Å². The number of aromatic nitrogens is 2. The van der Waals surface area contributed by atoms with Crippen LogP contribution < -0.4 is 10.0 Å². The number of aliphatic hydroxyl groups is 3. The lowest BCUT2D eigenvalue weighted by molar-refractivity contribution is -0.396. The second-order valence-electron chi connectivity index (χ2n) is 9.95. The van der Waals surface area contributed by atoms with Gasteiger partial charge in [0.2, 0.25) is 0 Å². The van der Waals surface area contributed by atoms with Crippen molar-refractivity contribution in [1.29, 1.82) is 0 Å². The lowest BCUT2D eigenvalue weighted by Crippen LogP contribution is -2.47. The molecule has 1 unspecified atom stereocenters. The number of alkyl halides is 2. The molecule has 4 aromatic rings. The molecule has 0 aliphatic carbocycles. The fraction of sp³-hybridized carbons (Fsp3) is 0.286. The van der Waals surface area contributed by atoms with E-state index in [1.54, 1.807) is 6.07 Å². The van der Waals surface area contributed by atoms with Crippen LogP contribution in [0.3, 0.4) is 0 Å². The second-order valence-corrected chi connectivity index (χ2v) is 12.3. The molecule has 13 heteroatoms. The van der Waals surface area contributed by atoms with Gasteiger partial charge < -0.3 is 24.6 Å². The van der Waals surface area contributed by atoms with Crippen LogP contribution in [-0.4, -0.2) is 69.1 Å². The first-order valence-electron chi connectivity index (χ1n) is 12.4. The monoisotopic (exact) mass is 591 g/mol. The van der Waals surface area contributed by atoms with Crippen LogP contribution >= 0.6 is 7.92 Å². The van der Waals surface area contributed by atoms with E-state index in [-0.39, 0.29) is 51.3 Å². The summed E-state index contributed by atoms with van der Waals surface area (Å²) in [4.78, 5) is 17.3. The highest BCUT2D eigenvalue weighted by Crippen LogP contribution is 2.48. The topological polar surface area (TPSA) is 108 Å². The van der Waals surface area contributed by atoms with Crippen LogP contribution in [0, 0.1) is 11.6 Å². The van der Waals surface area contributed by atoms with Crippen molar-refractivity contribution in [3.8, 4) is 16.9 Å². The first-order valence-corrected chi connectivity index (χ1v) is 14.7. The fourth-order valence-electron chi connectivity index (χ4n) is 5.33. The van der Waals surface area contributed by atoms with Crippen molar-refractivity contribution in [2.24, 2.45) is 0 Å². The van der Waals surface area contributed by atoms with E-state index in [0.29, 0.717) is 6.29 Å².